The van der Waals surface area contributed by atoms with Crippen LogP contribution < -0.4 is 0 Å². The zero-order valence-electron chi connectivity index (χ0n) is 15.3. The summed E-state index contributed by atoms with van der Waals surface area (Å²) in [5.74, 6) is 0.150. The van der Waals surface area contributed by atoms with Gasteiger partial charge in [0.25, 0.3) is 11.6 Å². The Morgan fingerprint density at radius 3 is 2.56 bits per heavy atom. The third kappa shape index (κ3) is 3.67. The second kappa shape index (κ2) is 7.09. The number of piperazine rings is 1. The fraction of sp³-hybridized carbons (Fsp3) is 0.611. The Morgan fingerprint density at radius 1 is 1.28 bits per heavy atom. The summed E-state index contributed by atoms with van der Waals surface area (Å²) >= 11 is 0. The standard InChI is InChI=1S/C18H26N4O3/c1-11(2)16-15-14(9-12(3)19-17(15)25-20-16)18(24)22-7-5-21(6-8-22)10-13(4)23/h9,11,13,23H,5-8,10H2,1-4H3/t13-/m1/s1. The van der Waals surface area contributed by atoms with Crippen molar-refractivity contribution in [1.29, 1.82) is 0 Å². The van der Waals surface area contributed by atoms with Gasteiger partial charge >= 0.3 is 0 Å². The molecule has 25 heavy (non-hydrogen) atoms. The van der Waals surface area contributed by atoms with E-state index in [0.717, 1.165) is 29.9 Å². The number of pyridine rings is 1. The second-order valence-corrected chi connectivity index (χ2v) is 7.16. The third-order valence-corrected chi connectivity index (χ3v) is 4.56. The predicted molar refractivity (Wildman–Crippen MR) is 94.7 cm³/mol. The van der Waals surface area contributed by atoms with Crippen LogP contribution in [0.4, 0.5) is 0 Å². The number of aliphatic hydroxyl groups excluding tert-OH is 1. The van der Waals surface area contributed by atoms with E-state index >= 15 is 0 Å². The van der Waals surface area contributed by atoms with Gasteiger partial charge in [0.05, 0.1) is 22.7 Å². The Balaban J connectivity index is 1.86. The predicted octanol–water partition coefficient (Wildman–Crippen LogP) is 1.79. The van der Waals surface area contributed by atoms with E-state index < -0.39 is 0 Å². The van der Waals surface area contributed by atoms with Crippen LogP contribution in [0.3, 0.4) is 0 Å². The van der Waals surface area contributed by atoms with Crippen molar-refractivity contribution in [3.8, 4) is 0 Å². The number of hydrogen-bond acceptors (Lipinski definition) is 6. The molecular formula is C18H26N4O3. The van der Waals surface area contributed by atoms with E-state index in [0.29, 0.717) is 30.9 Å². The Morgan fingerprint density at radius 2 is 1.96 bits per heavy atom. The Kier molecular flexibility index (Phi) is 5.06. The first-order valence-corrected chi connectivity index (χ1v) is 8.83. The van der Waals surface area contributed by atoms with Crippen LogP contribution in [-0.4, -0.2) is 69.8 Å². The molecule has 1 aliphatic rings. The largest absolute Gasteiger partial charge is 0.392 e. The lowest BCUT2D eigenvalue weighted by molar-refractivity contribution is 0.0555. The van der Waals surface area contributed by atoms with Crippen molar-refractivity contribution in [3.05, 3.63) is 23.0 Å². The van der Waals surface area contributed by atoms with E-state index in [1.807, 2.05) is 31.7 Å². The first kappa shape index (κ1) is 17.8. The number of rotatable bonds is 4. The zero-order valence-corrected chi connectivity index (χ0v) is 15.3. The number of hydrogen-bond donors (Lipinski definition) is 1. The zero-order chi connectivity index (χ0) is 18.1. The number of amides is 1. The van der Waals surface area contributed by atoms with Gasteiger partial charge in [-0.3, -0.25) is 9.69 Å². The number of aryl methyl sites for hydroxylation is 1. The fourth-order valence-corrected chi connectivity index (χ4v) is 3.34. The Hall–Kier alpha value is -1.99. The molecule has 0 aliphatic carbocycles. The van der Waals surface area contributed by atoms with Crippen LogP contribution in [0, 0.1) is 6.92 Å². The minimum atomic E-state index is -0.352. The van der Waals surface area contributed by atoms with Crippen molar-refractivity contribution in [3.63, 3.8) is 0 Å². The van der Waals surface area contributed by atoms with Gasteiger partial charge in [0, 0.05) is 38.4 Å². The number of fused-ring (bicyclic) bond motifs is 1. The van der Waals surface area contributed by atoms with Gasteiger partial charge < -0.3 is 14.5 Å². The Bertz CT molecular complexity index is 761. The van der Waals surface area contributed by atoms with Gasteiger partial charge in [-0.1, -0.05) is 19.0 Å². The molecule has 3 rings (SSSR count). The average Bonchev–Trinajstić information content (AvgIpc) is 2.97. The molecule has 0 saturated carbocycles. The van der Waals surface area contributed by atoms with Gasteiger partial charge in [0.15, 0.2) is 0 Å². The van der Waals surface area contributed by atoms with E-state index in [2.05, 4.69) is 15.0 Å². The molecule has 1 amide bonds. The average molecular weight is 346 g/mol. The molecule has 7 heteroatoms. The van der Waals surface area contributed by atoms with Crippen LogP contribution in [0.15, 0.2) is 10.6 Å². The van der Waals surface area contributed by atoms with Crippen molar-refractivity contribution in [1.82, 2.24) is 19.9 Å². The van der Waals surface area contributed by atoms with Crippen LogP contribution in [0.5, 0.6) is 0 Å². The lowest BCUT2D eigenvalue weighted by atomic mass is 10.0. The SMILES string of the molecule is Cc1cc(C(=O)N2CCN(C[C@@H](C)O)CC2)c2c(C(C)C)noc2n1. The summed E-state index contributed by atoms with van der Waals surface area (Å²) in [6.45, 7) is 11.2. The summed E-state index contributed by atoms with van der Waals surface area (Å²) in [7, 11) is 0. The molecule has 0 unspecified atom stereocenters. The van der Waals surface area contributed by atoms with E-state index in [-0.39, 0.29) is 17.9 Å². The topological polar surface area (TPSA) is 82.7 Å². The number of carbonyl (C=O) groups excluding carboxylic acids is 1. The molecule has 0 radical (unpaired) electrons. The van der Waals surface area contributed by atoms with Crippen LogP contribution in [0.2, 0.25) is 0 Å². The second-order valence-electron chi connectivity index (χ2n) is 7.16. The molecule has 136 valence electrons. The highest BCUT2D eigenvalue weighted by atomic mass is 16.5. The molecule has 7 nitrogen and oxygen atoms in total. The van der Waals surface area contributed by atoms with Gasteiger partial charge in [-0.05, 0) is 25.8 Å². The van der Waals surface area contributed by atoms with Gasteiger partial charge in [-0.15, -0.1) is 0 Å². The van der Waals surface area contributed by atoms with Crippen molar-refractivity contribution in [2.75, 3.05) is 32.7 Å². The quantitative estimate of drug-likeness (QED) is 0.909. The fourth-order valence-electron chi connectivity index (χ4n) is 3.34. The van der Waals surface area contributed by atoms with Gasteiger partial charge in [-0.2, -0.15) is 0 Å². The highest BCUT2D eigenvalue weighted by molar-refractivity contribution is 6.06. The van der Waals surface area contributed by atoms with E-state index in [9.17, 15) is 9.90 Å². The molecule has 1 N–H and O–H groups in total. The molecule has 0 spiro atoms. The van der Waals surface area contributed by atoms with Gasteiger partial charge in [0.2, 0.25) is 0 Å². The highest BCUT2D eigenvalue weighted by Crippen LogP contribution is 2.28. The molecule has 3 heterocycles. The third-order valence-electron chi connectivity index (χ3n) is 4.56. The van der Waals surface area contributed by atoms with E-state index in [1.165, 1.54) is 0 Å². The maximum atomic E-state index is 13.1. The maximum Gasteiger partial charge on any atom is 0.259 e. The molecule has 1 saturated heterocycles. The van der Waals surface area contributed by atoms with E-state index in [1.54, 1.807) is 6.92 Å². The number of β-amino-alcohol motifs (C(OH)–C–C–N with tert-alkyl or cyclic N) is 1. The van der Waals surface area contributed by atoms with E-state index in [4.69, 9.17) is 4.52 Å². The first-order chi connectivity index (χ1) is 11.9. The van der Waals surface area contributed by atoms with Crippen LogP contribution in [0.25, 0.3) is 11.1 Å². The summed E-state index contributed by atoms with van der Waals surface area (Å²) in [5, 5.41) is 14.4. The number of aromatic nitrogens is 2. The summed E-state index contributed by atoms with van der Waals surface area (Å²) in [6, 6.07) is 1.83. The number of nitrogens with zero attached hydrogens (tertiary/aromatic N) is 4. The first-order valence-electron chi connectivity index (χ1n) is 8.83. The van der Waals surface area contributed by atoms with Crippen molar-refractivity contribution in [2.45, 2.75) is 39.7 Å². The molecule has 1 aliphatic heterocycles. The summed E-state index contributed by atoms with van der Waals surface area (Å²) < 4.78 is 5.36. The molecule has 1 fully saturated rings. The van der Waals surface area contributed by atoms with Gasteiger partial charge in [-0.25, -0.2) is 4.98 Å². The van der Waals surface area contributed by atoms with Crippen molar-refractivity contribution in [2.24, 2.45) is 0 Å². The summed E-state index contributed by atoms with van der Waals surface area (Å²) in [6.07, 6.45) is -0.352. The molecule has 0 aromatic carbocycles. The lowest BCUT2D eigenvalue weighted by Gasteiger charge is -2.35. The minimum absolute atomic E-state index is 0.00250. The number of carbonyl (C=O) groups is 1. The smallest absolute Gasteiger partial charge is 0.259 e. The Labute approximate surface area is 147 Å². The van der Waals surface area contributed by atoms with Crippen LogP contribution in [0.1, 0.15) is 48.4 Å². The molecular weight excluding hydrogens is 320 g/mol. The minimum Gasteiger partial charge on any atom is -0.392 e. The lowest BCUT2D eigenvalue weighted by Crippen LogP contribution is -2.50. The number of aliphatic hydroxyl groups is 1. The molecule has 2 aromatic rings. The maximum absolute atomic E-state index is 13.1. The van der Waals surface area contributed by atoms with Crippen molar-refractivity contribution >= 4 is 17.0 Å². The normalized spacial score (nSPS) is 17.4. The van der Waals surface area contributed by atoms with Gasteiger partial charge in [0.1, 0.15) is 0 Å². The van der Waals surface area contributed by atoms with Crippen molar-refractivity contribution < 1.29 is 14.4 Å². The molecule has 1 atom stereocenters. The summed E-state index contributed by atoms with van der Waals surface area (Å²) in [5.41, 5.74) is 2.57. The monoisotopic (exact) mass is 346 g/mol. The molecule has 2 aromatic heterocycles. The van der Waals surface area contributed by atoms with Crippen LogP contribution >= 0.6 is 0 Å². The summed E-state index contributed by atoms with van der Waals surface area (Å²) in [4.78, 5) is 21.6. The van der Waals surface area contributed by atoms with Crippen LogP contribution in [-0.2, 0) is 0 Å². The highest BCUT2D eigenvalue weighted by Gasteiger charge is 2.27. The molecule has 0 bridgehead atoms.